The first kappa shape index (κ1) is 20.3. The number of thioether (sulfide) groups is 1. The molecule has 0 aliphatic carbocycles. The summed E-state index contributed by atoms with van der Waals surface area (Å²) in [4.78, 5) is 36.3. The summed E-state index contributed by atoms with van der Waals surface area (Å²) in [5.41, 5.74) is 1.68. The third kappa shape index (κ3) is 4.28. The molecule has 0 unspecified atom stereocenters. The summed E-state index contributed by atoms with van der Waals surface area (Å²) in [5.74, 6) is -0.240. The summed E-state index contributed by atoms with van der Waals surface area (Å²) in [7, 11) is 0. The molecule has 8 heteroatoms. The zero-order chi connectivity index (χ0) is 21.1. The van der Waals surface area contributed by atoms with E-state index in [1.807, 2.05) is 29.2 Å². The van der Waals surface area contributed by atoms with E-state index in [0.717, 1.165) is 15.9 Å². The van der Waals surface area contributed by atoms with Crippen molar-refractivity contribution in [2.45, 2.75) is 11.9 Å². The molecule has 2 aromatic carbocycles. The van der Waals surface area contributed by atoms with Gasteiger partial charge in [0, 0.05) is 37.1 Å². The molecule has 0 radical (unpaired) electrons. The van der Waals surface area contributed by atoms with Gasteiger partial charge in [0.1, 0.15) is 17.2 Å². The van der Waals surface area contributed by atoms with Gasteiger partial charge in [0.15, 0.2) is 5.78 Å². The molecule has 2 heterocycles. The van der Waals surface area contributed by atoms with Gasteiger partial charge in [0.25, 0.3) is 0 Å². The van der Waals surface area contributed by atoms with Gasteiger partial charge in [-0.15, -0.1) is 0 Å². The Morgan fingerprint density at radius 3 is 2.57 bits per heavy atom. The van der Waals surface area contributed by atoms with Gasteiger partial charge in [-0.2, -0.15) is 0 Å². The van der Waals surface area contributed by atoms with Crippen LogP contribution in [0.3, 0.4) is 0 Å². The fourth-order valence-electron chi connectivity index (χ4n) is 3.50. The number of benzene rings is 2. The minimum absolute atomic E-state index is 0.0368. The van der Waals surface area contributed by atoms with Gasteiger partial charge >= 0.3 is 0 Å². The molecule has 0 saturated carbocycles. The number of para-hydroxylation sites is 1. The number of Topliss-reactive ketones (excluding diaryl/α,β-unsaturated/α-hetero) is 1. The Labute approximate surface area is 178 Å². The Hall–Kier alpha value is -3.00. The number of amides is 1. The van der Waals surface area contributed by atoms with Crippen LogP contribution in [0, 0.1) is 5.82 Å². The van der Waals surface area contributed by atoms with Crippen LogP contribution in [0.4, 0.5) is 10.1 Å². The van der Waals surface area contributed by atoms with Crippen LogP contribution in [0.25, 0.3) is 10.9 Å². The zero-order valence-electron chi connectivity index (χ0n) is 16.5. The lowest BCUT2D eigenvalue weighted by Crippen LogP contribution is -2.49. The van der Waals surface area contributed by atoms with Gasteiger partial charge in [-0.3, -0.25) is 9.59 Å². The first-order valence-corrected chi connectivity index (χ1v) is 10.7. The van der Waals surface area contributed by atoms with Crippen molar-refractivity contribution in [2.75, 3.05) is 36.8 Å². The maximum atomic E-state index is 14.4. The summed E-state index contributed by atoms with van der Waals surface area (Å²) in [5, 5.41) is 1.73. The number of halogens is 1. The van der Waals surface area contributed by atoms with E-state index in [0.29, 0.717) is 43.2 Å². The topological polar surface area (TPSA) is 66.4 Å². The molecule has 6 nitrogen and oxygen atoms in total. The smallest absolute Gasteiger partial charge is 0.233 e. The molecule has 4 rings (SSSR count). The molecule has 1 fully saturated rings. The van der Waals surface area contributed by atoms with Crippen molar-refractivity contribution in [2.24, 2.45) is 0 Å². The zero-order valence-corrected chi connectivity index (χ0v) is 17.4. The van der Waals surface area contributed by atoms with E-state index in [1.54, 1.807) is 17.0 Å². The predicted molar refractivity (Wildman–Crippen MR) is 115 cm³/mol. The summed E-state index contributed by atoms with van der Waals surface area (Å²) in [6.45, 7) is 3.56. The third-order valence-electron chi connectivity index (χ3n) is 5.17. The Morgan fingerprint density at radius 1 is 1.07 bits per heavy atom. The number of carbonyl (C=O) groups excluding carboxylic acids is 2. The molecule has 3 aromatic rings. The van der Waals surface area contributed by atoms with Crippen LogP contribution < -0.4 is 4.90 Å². The minimum atomic E-state index is -0.409. The average molecular weight is 425 g/mol. The second kappa shape index (κ2) is 8.79. The highest BCUT2D eigenvalue weighted by Gasteiger charge is 2.23. The summed E-state index contributed by atoms with van der Waals surface area (Å²) in [6, 6.07) is 12.3. The maximum absolute atomic E-state index is 14.4. The van der Waals surface area contributed by atoms with Crippen molar-refractivity contribution in [3.63, 3.8) is 0 Å². The molecule has 0 bridgehead atoms. The van der Waals surface area contributed by atoms with Gasteiger partial charge in [-0.1, -0.05) is 30.0 Å². The molecule has 1 aliphatic rings. The van der Waals surface area contributed by atoms with Gasteiger partial charge in [-0.05, 0) is 31.2 Å². The molecule has 1 saturated heterocycles. The fourth-order valence-corrected chi connectivity index (χ4v) is 4.39. The van der Waals surface area contributed by atoms with E-state index < -0.39 is 5.82 Å². The van der Waals surface area contributed by atoms with Crippen molar-refractivity contribution in [1.29, 1.82) is 0 Å². The van der Waals surface area contributed by atoms with Crippen LogP contribution in [0.1, 0.15) is 17.3 Å². The van der Waals surface area contributed by atoms with Gasteiger partial charge < -0.3 is 9.80 Å². The van der Waals surface area contributed by atoms with Crippen LogP contribution in [-0.4, -0.2) is 58.5 Å². The van der Waals surface area contributed by atoms with Crippen LogP contribution in [0.2, 0.25) is 0 Å². The Bertz CT molecular complexity index is 1090. The number of rotatable bonds is 5. The molecule has 0 N–H and O–H groups in total. The number of fused-ring (bicyclic) bond motifs is 1. The summed E-state index contributed by atoms with van der Waals surface area (Å²) < 4.78 is 14.4. The van der Waals surface area contributed by atoms with E-state index in [1.165, 1.54) is 31.1 Å². The maximum Gasteiger partial charge on any atom is 0.233 e. The van der Waals surface area contributed by atoms with E-state index in [9.17, 15) is 14.0 Å². The number of nitrogens with zero attached hydrogens (tertiary/aromatic N) is 4. The quantitative estimate of drug-likeness (QED) is 0.355. The van der Waals surface area contributed by atoms with Crippen molar-refractivity contribution < 1.29 is 14.0 Å². The highest BCUT2D eigenvalue weighted by molar-refractivity contribution is 8.00. The number of hydrogen-bond donors (Lipinski definition) is 0. The largest absolute Gasteiger partial charge is 0.366 e. The number of aromatic nitrogens is 2. The Kier molecular flexibility index (Phi) is 5.94. The molecular formula is C22H21FN4O2S. The Balaban J connectivity index is 1.35. The number of carbonyl (C=O) groups is 2. The van der Waals surface area contributed by atoms with Gasteiger partial charge in [-0.25, -0.2) is 14.4 Å². The number of piperazine rings is 1. The number of hydrogen-bond acceptors (Lipinski definition) is 6. The Morgan fingerprint density at radius 2 is 1.83 bits per heavy atom. The minimum Gasteiger partial charge on any atom is -0.366 e. The lowest BCUT2D eigenvalue weighted by atomic mass is 10.1. The van der Waals surface area contributed by atoms with E-state index in [4.69, 9.17) is 0 Å². The lowest BCUT2D eigenvalue weighted by Gasteiger charge is -2.36. The standard InChI is InChI=1S/C22H21FN4O2S/c1-15(28)16-6-7-20(18(23)12-16)26-8-10-27(11-9-26)21(29)13-30-22-17-4-2-3-5-19(17)24-14-25-22/h2-7,12,14H,8-11,13H2,1H3. The van der Waals surface area contributed by atoms with Crippen LogP contribution in [0.15, 0.2) is 53.8 Å². The van der Waals surface area contributed by atoms with Crippen molar-refractivity contribution in [3.8, 4) is 0 Å². The number of ketones is 1. The first-order chi connectivity index (χ1) is 14.5. The fraction of sp³-hybridized carbons (Fsp3) is 0.273. The molecule has 1 aliphatic heterocycles. The second-order valence-electron chi connectivity index (χ2n) is 7.07. The number of anilines is 1. The van der Waals surface area contributed by atoms with E-state index in [2.05, 4.69) is 9.97 Å². The molecule has 0 spiro atoms. The van der Waals surface area contributed by atoms with Crippen molar-refractivity contribution >= 4 is 40.0 Å². The van der Waals surface area contributed by atoms with Gasteiger partial charge in [0.05, 0.1) is 17.0 Å². The second-order valence-corrected chi connectivity index (χ2v) is 8.04. The molecule has 1 amide bonds. The van der Waals surface area contributed by atoms with Crippen LogP contribution in [-0.2, 0) is 4.79 Å². The molecule has 1 aromatic heterocycles. The first-order valence-electron chi connectivity index (χ1n) is 9.68. The monoisotopic (exact) mass is 424 g/mol. The third-order valence-corrected chi connectivity index (χ3v) is 6.16. The molecular weight excluding hydrogens is 403 g/mol. The normalized spacial score (nSPS) is 14.2. The van der Waals surface area contributed by atoms with Crippen molar-refractivity contribution in [1.82, 2.24) is 14.9 Å². The summed E-state index contributed by atoms with van der Waals surface area (Å²) in [6.07, 6.45) is 1.51. The SMILES string of the molecule is CC(=O)c1ccc(N2CCN(C(=O)CSc3ncnc4ccccc34)CC2)c(F)c1. The highest BCUT2D eigenvalue weighted by atomic mass is 32.2. The van der Waals surface area contributed by atoms with Crippen LogP contribution in [0.5, 0.6) is 0 Å². The highest BCUT2D eigenvalue weighted by Crippen LogP contribution is 2.25. The van der Waals surface area contributed by atoms with E-state index >= 15 is 0 Å². The molecule has 0 atom stereocenters. The molecule has 154 valence electrons. The predicted octanol–water partition coefficient (Wildman–Crippen LogP) is 3.41. The lowest BCUT2D eigenvalue weighted by molar-refractivity contribution is -0.128. The van der Waals surface area contributed by atoms with E-state index in [-0.39, 0.29) is 11.7 Å². The van der Waals surface area contributed by atoms with Crippen molar-refractivity contribution in [3.05, 3.63) is 60.2 Å². The van der Waals surface area contributed by atoms with Gasteiger partial charge in [0.2, 0.25) is 5.91 Å². The molecule has 30 heavy (non-hydrogen) atoms. The summed E-state index contributed by atoms with van der Waals surface area (Å²) >= 11 is 1.41. The average Bonchev–Trinajstić information content (AvgIpc) is 2.77. The van der Waals surface area contributed by atoms with Crippen LogP contribution >= 0.6 is 11.8 Å².